The van der Waals surface area contributed by atoms with Gasteiger partial charge in [0.1, 0.15) is 5.92 Å². The minimum Gasteiger partial charge on any atom is -0.504 e. The topological polar surface area (TPSA) is 79.7 Å². The maximum Gasteiger partial charge on any atom is 0.581 e. The molecule has 0 aliphatic carbocycles. The van der Waals surface area contributed by atoms with E-state index in [1.165, 1.54) is 0 Å². The van der Waals surface area contributed by atoms with Gasteiger partial charge in [0.05, 0.1) is 17.7 Å². The van der Waals surface area contributed by atoms with E-state index in [2.05, 4.69) is 9.64 Å². The lowest BCUT2D eigenvalue weighted by Gasteiger charge is -2.12. The van der Waals surface area contributed by atoms with E-state index in [4.69, 9.17) is 0 Å². The molecule has 0 amide bonds. The molecule has 1 aliphatic rings. The molecule has 1 saturated heterocycles. The normalized spacial score (nSPS) is 19.3. The Morgan fingerprint density at radius 3 is 2.64 bits per heavy atom. The Morgan fingerprint density at radius 2 is 2.18 bits per heavy atom. The minimum absolute atomic E-state index is 0.106. The number of aromatic nitrogens is 1. The van der Waals surface area contributed by atoms with Crippen LogP contribution >= 0.6 is 0 Å². The lowest BCUT2D eigenvalue weighted by molar-refractivity contribution is -0.143. The molecule has 0 bridgehead atoms. The summed E-state index contributed by atoms with van der Waals surface area (Å²) in [5.41, 5.74) is -1.23. The number of likely N-dealkylation sites (tertiary alicyclic amines) is 1. The van der Waals surface area contributed by atoms with E-state index in [1.807, 2.05) is 0 Å². The van der Waals surface area contributed by atoms with E-state index in [1.54, 1.807) is 11.9 Å². The number of likely N-dealkylation sites (N-methyl/N-ethyl adjacent to an activating group) is 1. The van der Waals surface area contributed by atoms with Crippen molar-refractivity contribution in [1.29, 1.82) is 0 Å². The van der Waals surface area contributed by atoms with Crippen molar-refractivity contribution in [2.75, 3.05) is 20.1 Å². The molecule has 6 nitrogen and oxygen atoms in total. The quantitative estimate of drug-likeness (QED) is 0.596. The number of hydrogen-bond donors (Lipinski definition) is 1. The minimum atomic E-state index is -4.55. The Balaban J connectivity index is 2.01. The van der Waals surface area contributed by atoms with E-state index in [-0.39, 0.29) is 24.5 Å². The molecular weight excluding hydrogens is 304 g/mol. The summed E-state index contributed by atoms with van der Waals surface area (Å²) in [7, 11) is -0.174. The Morgan fingerprint density at radius 1 is 1.50 bits per heavy atom. The van der Waals surface area contributed by atoms with Crippen molar-refractivity contribution in [3.63, 3.8) is 0 Å². The summed E-state index contributed by atoms with van der Waals surface area (Å²) >= 11 is 0. The van der Waals surface area contributed by atoms with Crippen molar-refractivity contribution in [3.05, 3.63) is 23.9 Å². The predicted octanol–water partition coefficient (Wildman–Crippen LogP) is -0.538. The smallest absolute Gasteiger partial charge is 0.504 e. The van der Waals surface area contributed by atoms with Gasteiger partial charge >= 0.3 is 19.3 Å². The van der Waals surface area contributed by atoms with Gasteiger partial charge in [-0.3, -0.25) is 19.5 Å². The number of halogens is 3. The number of carbonyl (C=O) groups excluding carboxylic acids is 2. The molecule has 1 atom stereocenters. The molecule has 2 rings (SSSR count). The number of nitrogens with zero attached hydrogens (tertiary/aromatic N) is 2. The van der Waals surface area contributed by atoms with E-state index < -0.39 is 30.7 Å². The lowest BCUT2D eigenvalue weighted by Crippen LogP contribution is -2.41. The maximum absolute atomic E-state index is 12.4. The second-order valence-electron chi connectivity index (χ2n) is 4.97. The van der Waals surface area contributed by atoms with Crippen LogP contribution in [0.4, 0.5) is 13.2 Å². The van der Waals surface area contributed by atoms with Crippen molar-refractivity contribution < 1.29 is 32.4 Å². The number of carbonyl (C=O) groups is 2. The largest absolute Gasteiger partial charge is 0.581 e. The van der Waals surface area contributed by atoms with E-state index in [0.29, 0.717) is 12.3 Å². The number of hydrogen-bond acceptors (Lipinski definition) is 6. The van der Waals surface area contributed by atoms with Crippen LogP contribution in [-0.2, 0) is 20.4 Å². The molecule has 1 unspecified atom stereocenters. The van der Waals surface area contributed by atoms with Crippen LogP contribution in [0.5, 0.6) is 0 Å². The van der Waals surface area contributed by atoms with Crippen molar-refractivity contribution in [2.24, 2.45) is 5.92 Å². The molecule has 0 spiro atoms. The van der Waals surface area contributed by atoms with Gasteiger partial charge in [0.2, 0.25) is 0 Å². The summed E-state index contributed by atoms with van der Waals surface area (Å²) in [6.45, 7) is 0.277. The Labute approximate surface area is 124 Å². The summed E-state index contributed by atoms with van der Waals surface area (Å²) < 4.78 is 41.8. The molecule has 1 aromatic rings. The monoisotopic (exact) mass is 316 g/mol. The Kier molecular flexibility index (Phi) is 4.52. The van der Waals surface area contributed by atoms with Gasteiger partial charge in [0.15, 0.2) is 5.78 Å². The summed E-state index contributed by atoms with van der Waals surface area (Å²) in [5, 5.41) is 9.69. The van der Waals surface area contributed by atoms with Crippen LogP contribution in [-0.4, -0.2) is 53.9 Å². The van der Waals surface area contributed by atoms with Crippen molar-refractivity contribution >= 4 is 24.5 Å². The van der Waals surface area contributed by atoms with Crippen LogP contribution in [0.3, 0.4) is 0 Å². The first-order chi connectivity index (χ1) is 10.2. The van der Waals surface area contributed by atoms with Crippen molar-refractivity contribution in [1.82, 2.24) is 9.88 Å². The second-order valence-corrected chi connectivity index (χ2v) is 4.97. The zero-order chi connectivity index (χ0) is 16.5. The molecular formula is C12H12BF3N2O4. The van der Waals surface area contributed by atoms with Crippen LogP contribution in [0.25, 0.3) is 0 Å². The van der Waals surface area contributed by atoms with Gasteiger partial charge in [-0.15, -0.1) is 0 Å². The van der Waals surface area contributed by atoms with E-state index in [9.17, 15) is 27.8 Å². The maximum atomic E-state index is 12.4. The molecule has 118 valence electrons. The number of ketones is 1. The fourth-order valence-electron chi connectivity index (χ4n) is 2.03. The highest BCUT2D eigenvalue weighted by Crippen LogP contribution is 2.27. The number of Topliss-reactive ketones (excluding diaryl/α,β-unsaturated/α-hetero) is 1. The fraction of sp³-hybridized carbons (Fsp3) is 0.417. The van der Waals surface area contributed by atoms with Crippen LogP contribution in [0.15, 0.2) is 18.3 Å². The third kappa shape index (κ3) is 3.63. The zero-order valence-corrected chi connectivity index (χ0v) is 11.5. The van der Waals surface area contributed by atoms with Gasteiger partial charge in [0.25, 0.3) is 0 Å². The average molecular weight is 316 g/mol. The van der Waals surface area contributed by atoms with Crippen molar-refractivity contribution in [3.8, 4) is 0 Å². The first-order valence-corrected chi connectivity index (χ1v) is 6.31. The average Bonchev–Trinajstić information content (AvgIpc) is 2.77. The number of pyridine rings is 1. The third-order valence-corrected chi connectivity index (χ3v) is 3.19. The number of alkyl halides is 3. The van der Waals surface area contributed by atoms with Gasteiger partial charge < -0.3 is 9.68 Å². The number of rotatable bonds is 3. The lowest BCUT2D eigenvalue weighted by atomic mass is 9.84. The van der Waals surface area contributed by atoms with Gasteiger partial charge in [-0.05, 0) is 19.2 Å². The van der Waals surface area contributed by atoms with Crippen LogP contribution in [0.2, 0.25) is 0 Å². The Hall–Kier alpha value is -1.94. The first kappa shape index (κ1) is 16.4. The Bertz CT molecular complexity index is 579. The van der Waals surface area contributed by atoms with E-state index >= 15 is 0 Å². The molecule has 1 fully saturated rings. The van der Waals surface area contributed by atoms with E-state index in [0.717, 1.165) is 6.07 Å². The molecule has 1 N–H and O–H groups in total. The predicted molar refractivity (Wildman–Crippen MR) is 68.9 cm³/mol. The summed E-state index contributed by atoms with van der Waals surface area (Å²) in [6.07, 6.45) is -4.02. The van der Waals surface area contributed by atoms with Gasteiger partial charge in [0, 0.05) is 12.7 Å². The highest BCUT2D eigenvalue weighted by Gasteiger charge is 2.38. The second kappa shape index (κ2) is 6.05. The van der Waals surface area contributed by atoms with Gasteiger partial charge in [-0.1, -0.05) is 0 Å². The van der Waals surface area contributed by atoms with Crippen molar-refractivity contribution in [2.45, 2.75) is 6.18 Å². The highest BCUT2D eigenvalue weighted by atomic mass is 19.4. The zero-order valence-electron chi connectivity index (χ0n) is 11.5. The first-order valence-electron chi connectivity index (χ1n) is 6.31. The van der Waals surface area contributed by atoms with Crippen LogP contribution in [0.1, 0.15) is 5.56 Å². The highest BCUT2D eigenvalue weighted by molar-refractivity contribution is 6.60. The standard InChI is InChI=1S/C12H12BF3N2O4/c1-18-5-8(9(19)6-18)11(20)22-13(21)10-3-2-7(4-17-10)12(14,15)16/h2-4,8,21H,5-6H2,1H3. The molecule has 10 heteroatoms. The molecule has 0 aromatic carbocycles. The molecule has 0 saturated carbocycles. The molecule has 1 aromatic heterocycles. The molecule has 22 heavy (non-hydrogen) atoms. The van der Waals surface area contributed by atoms with Crippen LogP contribution < -0.4 is 5.59 Å². The molecule has 0 radical (unpaired) electrons. The fourth-order valence-corrected chi connectivity index (χ4v) is 2.03. The molecule has 1 aliphatic heterocycles. The van der Waals surface area contributed by atoms with Gasteiger partial charge in [-0.25, -0.2) is 0 Å². The SMILES string of the molecule is CN1CC(=O)C(C(=O)OB(O)c2ccc(C(F)(F)F)cn2)C1. The summed E-state index contributed by atoms with van der Waals surface area (Å²) in [4.78, 5) is 28.3. The third-order valence-electron chi connectivity index (χ3n) is 3.19. The molecule has 2 heterocycles. The van der Waals surface area contributed by atoms with Crippen LogP contribution in [0, 0.1) is 5.92 Å². The summed E-state index contributed by atoms with van der Waals surface area (Å²) in [6, 6.07) is 1.62. The summed E-state index contributed by atoms with van der Waals surface area (Å²) in [5.74, 6) is -2.27. The van der Waals surface area contributed by atoms with Gasteiger partial charge in [-0.2, -0.15) is 13.2 Å².